The molecule has 6 rings (SSSR count). The fraction of sp³-hybridized carbons (Fsp3) is 0.320. The van der Waals surface area contributed by atoms with Crippen LogP contribution >= 0.6 is 0 Å². The molecule has 5 heterocycles. The molecule has 0 amide bonds. The summed E-state index contributed by atoms with van der Waals surface area (Å²) in [4.78, 5) is 35.5. The first-order chi connectivity index (χ1) is 18.0. The number of ether oxygens (including phenoxy) is 2. The Bertz CT molecular complexity index is 1630. The minimum atomic E-state index is -0.296. The summed E-state index contributed by atoms with van der Waals surface area (Å²) in [6.45, 7) is 4.86. The van der Waals surface area contributed by atoms with Gasteiger partial charge in [-0.1, -0.05) is 0 Å². The Labute approximate surface area is 211 Å². The van der Waals surface area contributed by atoms with Crippen molar-refractivity contribution in [2.24, 2.45) is 7.05 Å². The summed E-state index contributed by atoms with van der Waals surface area (Å²) in [7, 11) is 3.43. The van der Waals surface area contributed by atoms with Crippen molar-refractivity contribution in [3.05, 3.63) is 53.0 Å². The van der Waals surface area contributed by atoms with E-state index in [1.165, 1.54) is 0 Å². The van der Waals surface area contributed by atoms with E-state index in [4.69, 9.17) is 14.5 Å². The number of hydrogen-bond acceptors (Lipinski definition) is 9. The highest BCUT2D eigenvalue weighted by Crippen LogP contribution is 2.36. The Morgan fingerprint density at radius 1 is 1.11 bits per heavy atom. The highest BCUT2D eigenvalue weighted by Gasteiger charge is 2.24. The van der Waals surface area contributed by atoms with Crippen LogP contribution in [0.25, 0.3) is 33.5 Å². The fourth-order valence-corrected chi connectivity index (χ4v) is 4.71. The summed E-state index contributed by atoms with van der Waals surface area (Å²) < 4.78 is 12.9. The van der Waals surface area contributed by atoms with Crippen molar-refractivity contribution in [2.75, 3.05) is 43.6 Å². The normalized spacial score (nSPS) is 14.8. The van der Waals surface area contributed by atoms with E-state index in [9.17, 15) is 4.79 Å². The Morgan fingerprint density at radius 2 is 1.89 bits per heavy atom. The lowest BCUT2D eigenvalue weighted by Gasteiger charge is -2.29. The van der Waals surface area contributed by atoms with E-state index in [1.54, 1.807) is 36.4 Å². The number of aromatic amines is 2. The summed E-state index contributed by atoms with van der Waals surface area (Å²) in [5.41, 5.74) is 4.23. The van der Waals surface area contributed by atoms with Gasteiger partial charge < -0.3 is 29.7 Å². The quantitative estimate of drug-likeness (QED) is 0.320. The molecule has 1 saturated heterocycles. The number of nitrogens with one attached hydrogen (secondary N) is 3. The molecular weight excluding hydrogens is 474 g/mol. The molecule has 1 fully saturated rings. The summed E-state index contributed by atoms with van der Waals surface area (Å²) in [5, 5.41) is 8.03. The van der Waals surface area contributed by atoms with Crippen molar-refractivity contribution in [1.29, 1.82) is 0 Å². The van der Waals surface area contributed by atoms with E-state index < -0.39 is 0 Å². The first kappa shape index (κ1) is 23.0. The second kappa shape index (κ2) is 9.21. The van der Waals surface area contributed by atoms with Crippen molar-refractivity contribution in [2.45, 2.75) is 13.0 Å². The second-order valence-corrected chi connectivity index (χ2v) is 8.97. The third kappa shape index (κ3) is 4.14. The van der Waals surface area contributed by atoms with Crippen LogP contribution in [0, 0.1) is 0 Å². The summed E-state index contributed by atoms with van der Waals surface area (Å²) in [6, 6.07) is 5.47. The topological polar surface area (TPSA) is 139 Å². The van der Waals surface area contributed by atoms with Gasteiger partial charge in [-0.3, -0.25) is 9.48 Å². The molecule has 0 spiro atoms. The smallest absolute Gasteiger partial charge is 0.261 e. The number of aryl methyl sites for hydroxylation is 1. The number of morpholine rings is 1. The number of anilines is 2. The predicted octanol–water partition coefficient (Wildman–Crippen LogP) is 2.61. The largest absolute Gasteiger partial charge is 0.494 e. The third-order valence-corrected chi connectivity index (χ3v) is 6.49. The van der Waals surface area contributed by atoms with Crippen LogP contribution in [0.2, 0.25) is 0 Å². The molecular formula is C25H27N9O3. The van der Waals surface area contributed by atoms with Gasteiger partial charge in [-0.2, -0.15) is 5.10 Å². The molecule has 0 bridgehead atoms. The molecule has 1 aliphatic rings. The monoisotopic (exact) mass is 501 g/mol. The molecule has 12 nitrogen and oxygen atoms in total. The van der Waals surface area contributed by atoms with Crippen molar-refractivity contribution >= 4 is 33.4 Å². The van der Waals surface area contributed by atoms with Gasteiger partial charge in [0.05, 0.1) is 43.1 Å². The van der Waals surface area contributed by atoms with Crippen LogP contribution in [0.15, 0.2) is 41.6 Å². The maximum atomic E-state index is 13.5. The maximum Gasteiger partial charge on any atom is 0.261 e. The molecule has 37 heavy (non-hydrogen) atoms. The summed E-state index contributed by atoms with van der Waals surface area (Å²) in [5.74, 6) is 1.63. The predicted molar refractivity (Wildman–Crippen MR) is 140 cm³/mol. The highest BCUT2D eigenvalue weighted by atomic mass is 16.5. The number of fused-ring (bicyclic) bond motifs is 2. The molecule has 0 saturated carbocycles. The molecule has 3 N–H and O–H groups in total. The minimum absolute atomic E-state index is 0.293. The third-order valence-electron chi connectivity index (χ3n) is 6.49. The number of pyridine rings is 1. The lowest BCUT2D eigenvalue weighted by Crippen LogP contribution is -2.36. The summed E-state index contributed by atoms with van der Waals surface area (Å²) >= 11 is 0. The van der Waals surface area contributed by atoms with Crippen molar-refractivity contribution in [3.8, 4) is 17.1 Å². The standard InChI is InChI=1S/C25H27N9O3/c1-14(23-26-5-4-6-27-23)28-22-19(25(35)30-17-13-33(2)32-21(17)22)24-29-16-11-15(34-7-9-37-10-8-34)12-18(36-3)20(16)31-24/h4-6,11-14,28H,7-10H2,1-3H3,(H,29,31)(H,30,35)/t14-/m1/s1. The Hall–Kier alpha value is -4.45. The Morgan fingerprint density at radius 3 is 2.65 bits per heavy atom. The first-order valence-electron chi connectivity index (χ1n) is 12.1. The average Bonchev–Trinajstić information content (AvgIpc) is 3.51. The average molecular weight is 502 g/mol. The summed E-state index contributed by atoms with van der Waals surface area (Å²) in [6.07, 6.45) is 5.14. The molecule has 4 aromatic heterocycles. The number of methoxy groups -OCH3 is 1. The van der Waals surface area contributed by atoms with Gasteiger partial charge in [0.25, 0.3) is 5.56 Å². The van der Waals surface area contributed by atoms with Crippen molar-refractivity contribution in [3.63, 3.8) is 0 Å². The number of nitrogens with zero attached hydrogens (tertiary/aromatic N) is 6. The Kier molecular flexibility index (Phi) is 5.72. The molecule has 190 valence electrons. The van der Waals surface area contributed by atoms with E-state index >= 15 is 0 Å². The number of H-pyrrole nitrogens is 2. The van der Waals surface area contributed by atoms with E-state index in [0.29, 0.717) is 58.4 Å². The molecule has 1 aliphatic heterocycles. The van der Waals surface area contributed by atoms with Crippen LogP contribution in [-0.2, 0) is 11.8 Å². The van der Waals surface area contributed by atoms with Crippen LogP contribution < -0.4 is 20.5 Å². The van der Waals surface area contributed by atoms with Crippen LogP contribution in [0.5, 0.6) is 5.75 Å². The zero-order valence-corrected chi connectivity index (χ0v) is 20.8. The molecule has 12 heteroatoms. The maximum absolute atomic E-state index is 13.5. The lowest BCUT2D eigenvalue weighted by atomic mass is 10.1. The molecule has 1 aromatic carbocycles. The zero-order valence-electron chi connectivity index (χ0n) is 20.8. The zero-order chi connectivity index (χ0) is 25.5. The van der Waals surface area contributed by atoms with E-state index in [1.807, 2.05) is 26.1 Å². The van der Waals surface area contributed by atoms with Gasteiger partial charge in [-0.05, 0) is 19.1 Å². The highest BCUT2D eigenvalue weighted by molar-refractivity contribution is 5.97. The van der Waals surface area contributed by atoms with Gasteiger partial charge in [0.2, 0.25) is 0 Å². The molecule has 0 radical (unpaired) electrons. The van der Waals surface area contributed by atoms with Crippen LogP contribution in [-0.4, -0.2) is 68.1 Å². The molecule has 0 unspecified atom stereocenters. The molecule has 0 aliphatic carbocycles. The van der Waals surface area contributed by atoms with Gasteiger partial charge in [-0.15, -0.1) is 0 Å². The van der Waals surface area contributed by atoms with Gasteiger partial charge in [0, 0.05) is 50.5 Å². The molecule has 1 atom stereocenters. The van der Waals surface area contributed by atoms with E-state index in [0.717, 1.165) is 24.3 Å². The van der Waals surface area contributed by atoms with E-state index in [-0.39, 0.29) is 11.6 Å². The number of benzene rings is 1. The molecule has 5 aromatic rings. The van der Waals surface area contributed by atoms with Gasteiger partial charge in [-0.25, -0.2) is 15.0 Å². The van der Waals surface area contributed by atoms with Crippen LogP contribution in [0.4, 0.5) is 11.4 Å². The van der Waals surface area contributed by atoms with E-state index in [2.05, 4.69) is 35.3 Å². The van der Waals surface area contributed by atoms with Crippen LogP contribution in [0.3, 0.4) is 0 Å². The SMILES string of the molecule is COc1cc(N2CCOCC2)cc2[nH]c(-c3c(N[C@H](C)c4ncccn4)c4nn(C)cc4[nH]c3=O)nc12. The van der Waals surface area contributed by atoms with Crippen molar-refractivity contribution in [1.82, 2.24) is 34.7 Å². The number of hydrogen-bond donors (Lipinski definition) is 3. The van der Waals surface area contributed by atoms with Gasteiger partial charge in [0.1, 0.15) is 34.0 Å². The first-order valence-corrected chi connectivity index (χ1v) is 12.1. The van der Waals surface area contributed by atoms with Crippen LogP contribution in [0.1, 0.15) is 18.8 Å². The van der Waals surface area contributed by atoms with Gasteiger partial charge in [0.15, 0.2) is 0 Å². The minimum Gasteiger partial charge on any atom is -0.494 e. The fourth-order valence-electron chi connectivity index (χ4n) is 4.71. The van der Waals surface area contributed by atoms with Gasteiger partial charge >= 0.3 is 0 Å². The van der Waals surface area contributed by atoms with Crippen molar-refractivity contribution < 1.29 is 9.47 Å². The lowest BCUT2D eigenvalue weighted by molar-refractivity contribution is 0.122. The Balaban J connectivity index is 1.51. The number of rotatable bonds is 6. The number of imidazole rings is 1. The number of aromatic nitrogens is 7. The second-order valence-electron chi connectivity index (χ2n) is 8.97.